The molecule has 162 valence electrons. The molecule has 0 aliphatic carbocycles. The molecule has 6 rings (SSSR count). The van der Waals surface area contributed by atoms with Crippen molar-refractivity contribution >= 4 is 49.0 Å². The molecular weight excluding hydrogens is 402 g/mol. The lowest BCUT2D eigenvalue weighted by Gasteiger charge is -2.18. The number of aromatic nitrogens is 2. The number of aryl methyl sites for hydroxylation is 4. The minimum atomic E-state index is -0.447. The zero-order valence-electron chi connectivity index (χ0n) is 20.2. The van der Waals surface area contributed by atoms with Gasteiger partial charge in [0.25, 0.3) is 0 Å². The summed E-state index contributed by atoms with van der Waals surface area (Å²) in [5.41, 5.74) is 9.90. The SMILES string of the molecule is [C-]#[N+]C(C)(C)Cc1cc2cc[n+](C)c3c4c(C)c(C)cc(C)c4n4c5ccccc5c1c4c23. The van der Waals surface area contributed by atoms with Crippen LogP contribution in [0.1, 0.15) is 36.1 Å². The van der Waals surface area contributed by atoms with Crippen molar-refractivity contribution in [1.82, 2.24) is 4.40 Å². The van der Waals surface area contributed by atoms with Gasteiger partial charge in [0, 0.05) is 30.7 Å². The molecule has 0 fully saturated rings. The summed E-state index contributed by atoms with van der Waals surface area (Å²) in [4.78, 5) is 3.95. The van der Waals surface area contributed by atoms with E-state index in [2.05, 4.69) is 90.3 Å². The lowest BCUT2D eigenvalue weighted by Crippen LogP contribution is -2.29. The Bertz CT molecular complexity index is 1810. The van der Waals surface area contributed by atoms with Crippen LogP contribution in [-0.4, -0.2) is 9.94 Å². The van der Waals surface area contributed by atoms with Gasteiger partial charge in [-0.2, -0.15) is 0 Å². The Morgan fingerprint density at radius 3 is 2.45 bits per heavy atom. The molecule has 3 aromatic heterocycles. The fourth-order valence-corrected chi connectivity index (χ4v) is 5.92. The van der Waals surface area contributed by atoms with Gasteiger partial charge >= 0.3 is 0 Å². The maximum Gasteiger partial charge on any atom is 0.231 e. The molecule has 0 radical (unpaired) electrons. The first-order valence-electron chi connectivity index (χ1n) is 11.6. The fraction of sp³-hybridized carbons (Fsp3) is 0.267. The van der Waals surface area contributed by atoms with E-state index in [1.807, 2.05) is 13.8 Å². The van der Waals surface area contributed by atoms with Crippen molar-refractivity contribution in [2.75, 3.05) is 0 Å². The predicted octanol–water partition coefficient (Wildman–Crippen LogP) is 6.98. The quantitative estimate of drug-likeness (QED) is 0.122. The minimum absolute atomic E-state index is 0.447. The Kier molecular flexibility index (Phi) is 3.91. The van der Waals surface area contributed by atoms with Crippen molar-refractivity contribution in [3.8, 4) is 0 Å². The normalized spacial score (nSPS) is 12.6. The van der Waals surface area contributed by atoms with Crippen LogP contribution in [0.2, 0.25) is 0 Å². The van der Waals surface area contributed by atoms with Gasteiger partial charge in [0.05, 0.1) is 33.7 Å². The molecule has 0 N–H and O–H groups in total. The first-order valence-corrected chi connectivity index (χ1v) is 11.6. The van der Waals surface area contributed by atoms with Gasteiger partial charge in [0.1, 0.15) is 7.05 Å². The molecule has 0 aliphatic heterocycles. The molecule has 0 amide bonds. The zero-order chi connectivity index (χ0) is 23.2. The Labute approximate surface area is 194 Å². The molecule has 0 aliphatic rings. The third-order valence-electron chi connectivity index (χ3n) is 7.51. The van der Waals surface area contributed by atoms with E-state index >= 15 is 0 Å². The van der Waals surface area contributed by atoms with Crippen molar-refractivity contribution in [2.45, 2.75) is 46.6 Å². The average Bonchev–Trinajstić information content (AvgIpc) is 3.13. The van der Waals surface area contributed by atoms with E-state index < -0.39 is 5.54 Å². The first kappa shape index (κ1) is 20.0. The van der Waals surface area contributed by atoms with E-state index in [4.69, 9.17) is 6.57 Å². The number of hydrogen-bond acceptors (Lipinski definition) is 0. The predicted molar refractivity (Wildman–Crippen MR) is 138 cm³/mol. The van der Waals surface area contributed by atoms with Gasteiger partial charge in [-0.05, 0) is 60.5 Å². The van der Waals surface area contributed by atoms with Crippen LogP contribution in [0, 0.1) is 27.3 Å². The van der Waals surface area contributed by atoms with Crippen molar-refractivity contribution in [2.24, 2.45) is 7.05 Å². The average molecular weight is 431 g/mol. The van der Waals surface area contributed by atoms with E-state index in [1.54, 1.807) is 0 Å². The molecule has 6 aromatic rings. The topological polar surface area (TPSA) is 12.7 Å². The third kappa shape index (κ3) is 2.52. The summed E-state index contributed by atoms with van der Waals surface area (Å²) < 4.78 is 4.79. The van der Waals surface area contributed by atoms with Crippen LogP contribution in [0.15, 0.2) is 48.7 Å². The van der Waals surface area contributed by atoms with Gasteiger partial charge in [-0.15, -0.1) is 0 Å². The highest BCUT2D eigenvalue weighted by Crippen LogP contribution is 2.44. The van der Waals surface area contributed by atoms with E-state index in [0.29, 0.717) is 0 Å². The standard InChI is InChI=1S/C30H28N3/c1-17-14-18(2)27-24(19(17)3)28-26-20(12-13-32(28)7)15-21(16-30(4,5)31-6)25-22-10-8-9-11-23(22)33(27)29(25)26/h8-15H,16H2,1-5,7H3/q+1. The summed E-state index contributed by atoms with van der Waals surface area (Å²) in [6, 6.07) is 15.7. The maximum atomic E-state index is 7.75. The van der Waals surface area contributed by atoms with Gasteiger partial charge in [-0.25, -0.2) is 11.1 Å². The zero-order valence-corrected chi connectivity index (χ0v) is 20.2. The second-order valence-corrected chi connectivity index (χ2v) is 10.3. The Hall–Kier alpha value is -3.64. The molecule has 3 heterocycles. The molecule has 0 spiro atoms. The summed E-state index contributed by atoms with van der Waals surface area (Å²) in [6.07, 6.45) is 2.92. The van der Waals surface area contributed by atoms with E-state index in [9.17, 15) is 0 Å². The second kappa shape index (κ2) is 6.45. The third-order valence-corrected chi connectivity index (χ3v) is 7.51. The number of nitrogens with zero attached hydrogens (tertiary/aromatic N) is 3. The second-order valence-electron chi connectivity index (χ2n) is 10.3. The highest BCUT2D eigenvalue weighted by molar-refractivity contribution is 6.28. The smallest absolute Gasteiger partial charge is 0.231 e. The molecule has 3 heteroatoms. The van der Waals surface area contributed by atoms with Crippen LogP contribution in [0.25, 0.3) is 53.8 Å². The monoisotopic (exact) mass is 430 g/mol. The lowest BCUT2D eigenvalue weighted by atomic mass is 9.89. The number of para-hydroxylation sites is 1. The van der Waals surface area contributed by atoms with E-state index in [-0.39, 0.29) is 0 Å². The number of hydrogen-bond donors (Lipinski definition) is 0. The number of benzene rings is 3. The van der Waals surface area contributed by atoms with Crippen molar-refractivity contribution in [3.63, 3.8) is 0 Å². The number of pyridine rings is 2. The van der Waals surface area contributed by atoms with E-state index in [0.717, 1.165) is 6.42 Å². The van der Waals surface area contributed by atoms with Crippen molar-refractivity contribution in [1.29, 1.82) is 0 Å². The van der Waals surface area contributed by atoms with Crippen LogP contribution in [0.4, 0.5) is 0 Å². The lowest BCUT2D eigenvalue weighted by molar-refractivity contribution is -0.643. The molecule has 3 aromatic carbocycles. The van der Waals surface area contributed by atoms with Crippen molar-refractivity contribution < 1.29 is 4.57 Å². The molecule has 0 bridgehead atoms. The number of rotatable bonds is 2. The summed E-state index contributed by atoms with van der Waals surface area (Å²) >= 11 is 0. The fourth-order valence-electron chi connectivity index (χ4n) is 5.92. The first-order chi connectivity index (χ1) is 15.7. The Morgan fingerprint density at radius 1 is 0.939 bits per heavy atom. The molecular formula is C30H28N3+. The Morgan fingerprint density at radius 2 is 1.70 bits per heavy atom. The van der Waals surface area contributed by atoms with Gasteiger partial charge in [0.15, 0.2) is 6.20 Å². The van der Waals surface area contributed by atoms with Gasteiger partial charge < -0.3 is 9.25 Å². The molecule has 0 saturated carbocycles. The van der Waals surface area contributed by atoms with Gasteiger partial charge in [0.2, 0.25) is 11.1 Å². The van der Waals surface area contributed by atoms with Gasteiger partial charge in [-0.1, -0.05) is 24.3 Å². The summed E-state index contributed by atoms with van der Waals surface area (Å²) in [5.74, 6) is 0. The molecule has 0 saturated heterocycles. The molecule has 0 atom stereocenters. The van der Waals surface area contributed by atoms with Crippen LogP contribution in [0.5, 0.6) is 0 Å². The van der Waals surface area contributed by atoms with Crippen LogP contribution >= 0.6 is 0 Å². The number of fused-ring (bicyclic) bond motifs is 6. The Balaban J connectivity index is 2.03. The summed E-state index contributed by atoms with van der Waals surface area (Å²) in [6.45, 7) is 18.6. The summed E-state index contributed by atoms with van der Waals surface area (Å²) in [5, 5.41) is 6.47. The molecule has 33 heavy (non-hydrogen) atoms. The van der Waals surface area contributed by atoms with Crippen molar-refractivity contribution in [3.05, 3.63) is 82.3 Å². The van der Waals surface area contributed by atoms with Crippen LogP contribution in [0.3, 0.4) is 0 Å². The molecule has 0 unspecified atom stereocenters. The van der Waals surface area contributed by atoms with E-state index in [1.165, 1.54) is 71.3 Å². The molecule has 3 nitrogen and oxygen atoms in total. The summed E-state index contributed by atoms with van der Waals surface area (Å²) in [7, 11) is 2.16. The van der Waals surface area contributed by atoms with Crippen LogP contribution in [-0.2, 0) is 13.5 Å². The van der Waals surface area contributed by atoms with Crippen LogP contribution < -0.4 is 4.57 Å². The largest absolute Gasteiger partial charge is 0.311 e. The highest BCUT2D eigenvalue weighted by Gasteiger charge is 2.30. The minimum Gasteiger partial charge on any atom is -0.311 e. The van der Waals surface area contributed by atoms with Gasteiger partial charge in [-0.3, -0.25) is 0 Å². The maximum absolute atomic E-state index is 7.75. The highest BCUT2D eigenvalue weighted by atomic mass is 15.0.